The largest absolute Gasteiger partial charge is 0.497 e. The van der Waals surface area contributed by atoms with Gasteiger partial charge in [-0.05, 0) is 86.3 Å². The van der Waals surface area contributed by atoms with Crippen LogP contribution >= 0.6 is 8.53 Å². The summed E-state index contributed by atoms with van der Waals surface area (Å²) in [6.45, 7) is 9.49. The second kappa shape index (κ2) is 20.0. The number of nitriles is 1. The summed E-state index contributed by atoms with van der Waals surface area (Å²) in [6, 6.07) is 36.3. The highest BCUT2D eigenvalue weighted by atomic mass is 31.2. The summed E-state index contributed by atoms with van der Waals surface area (Å²) in [7, 11) is 3.34. The molecule has 1 fully saturated rings. The van der Waals surface area contributed by atoms with Crippen molar-refractivity contribution in [1.82, 2.24) is 4.67 Å². The lowest BCUT2D eigenvalue weighted by molar-refractivity contribution is -0.0726. The van der Waals surface area contributed by atoms with E-state index in [-0.39, 0.29) is 38.3 Å². The molecule has 1 aliphatic rings. The fourth-order valence-corrected chi connectivity index (χ4v) is 8.50. The molecule has 4 atom stereocenters. The topological polar surface area (TPSA) is 101 Å². The number of ether oxygens (including phenoxy) is 6. The number of benzene rings is 4. The Bertz CT molecular complexity index is 1690. The lowest BCUT2D eigenvalue weighted by Gasteiger charge is -2.39. The quantitative estimate of drug-likeness (QED) is 0.0495. The normalized spacial score (nSPS) is 17.8. The lowest BCUT2D eigenvalue weighted by Crippen LogP contribution is -2.42. The molecule has 1 unspecified atom stereocenters. The first-order valence-electron chi connectivity index (χ1n) is 18.3. The Morgan fingerprint density at radius 2 is 1.37 bits per heavy atom. The summed E-state index contributed by atoms with van der Waals surface area (Å²) < 4.78 is 52.6. The maximum atomic E-state index is 9.35. The van der Waals surface area contributed by atoms with Crippen molar-refractivity contribution in [3.8, 4) is 23.3 Å². The summed E-state index contributed by atoms with van der Waals surface area (Å²) in [5.41, 5.74) is 2.68. The standard InChI is InChI=1S/C43H53N2O8P/c1-31(2)45(32(3)4)54(52-26-12-25-44)53-42-40(49-28-33-13-11-16-39(27-33)48-7)29-50-41(42)30-51-43(34-14-9-8-10-15-34,35-17-21-37(46-5)22-18-35)36-19-23-38(47-6)24-20-36/h8-11,13-24,27,31-32,40-42H,12,26,28-30H2,1-7H3/t40-,41+,42-,54?/m0/s1. The molecule has 0 aliphatic carbocycles. The van der Waals surface area contributed by atoms with Crippen molar-refractivity contribution in [2.75, 3.05) is 41.2 Å². The van der Waals surface area contributed by atoms with E-state index in [4.69, 9.17) is 37.5 Å². The molecular formula is C43H53N2O8P. The van der Waals surface area contributed by atoms with E-state index in [2.05, 4.69) is 50.6 Å². The molecule has 288 valence electrons. The van der Waals surface area contributed by atoms with Gasteiger partial charge in [0.1, 0.15) is 41.2 Å². The van der Waals surface area contributed by atoms with Gasteiger partial charge < -0.3 is 37.5 Å². The molecule has 0 bridgehead atoms. The average molecular weight is 757 g/mol. The summed E-state index contributed by atoms with van der Waals surface area (Å²) in [4.78, 5) is 0. The first-order chi connectivity index (χ1) is 26.2. The van der Waals surface area contributed by atoms with Gasteiger partial charge in [0.25, 0.3) is 8.53 Å². The molecule has 11 heteroatoms. The zero-order valence-electron chi connectivity index (χ0n) is 32.3. The zero-order valence-corrected chi connectivity index (χ0v) is 33.2. The number of hydrogen-bond donors (Lipinski definition) is 0. The number of hydrogen-bond acceptors (Lipinski definition) is 10. The Labute approximate surface area is 321 Å². The van der Waals surface area contributed by atoms with Gasteiger partial charge in [0.2, 0.25) is 0 Å². The second-order valence-electron chi connectivity index (χ2n) is 13.5. The van der Waals surface area contributed by atoms with Crippen LogP contribution in [0.3, 0.4) is 0 Å². The van der Waals surface area contributed by atoms with Gasteiger partial charge in [-0.2, -0.15) is 5.26 Å². The molecule has 0 aromatic heterocycles. The van der Waals surface area contributed by atoms with Gasteiger partial charge in [-0.1, -0.05) is 66.7 Å². The lowest BCUT2D eigenvalue weighted by atomic mass is 9.80. The van der Waals surface area contributed by atoms with Gasteiger partial charge in [-0.25, -0.2) is 4.67 Å². The van der Waals surface area contributed by atoms with Crippen LogP contribution in [0.2, 0.25) is 0 Å². The van der Waals surface area contributed by atoms with Crippen molar-refractivity contribution in [3.05, 3.63) is 125 Å². The van der Waals surface area contributed by atoms with E-state index < -0.39 is 32.4 Å². The fraction of sp³-hybridized carbons (Fsp3) is 0.419. The van der Waals surface area contributed by atoms with Crippen LogP contribution in [0, 0.1) is 11.3 Å². The Kier molecular flexibility index (Phi) is 15.3. The van der Waals surface area contributed by atoms with E-state index in [1.54, 1.807) is 21.3 Å². The van der Waals surface area contributed by atoms with Crippen molar-refractivity contribution >= 4 is 8.53 Å². The van der Waals surface area contributed by atoms with Crippen molar-refractivity contribution in [3.63, 3.8) is 0 Å². The summed E-state index contributed by atoms with van der Waals surface area (Å²) in [5.74, 6) is 2.23. The van der Waals surface area contributed by atoms with E-state index in [0.717, 1.165) is 39.5 Å². The van der Waals surface area contributed by atoms with E-state index in [1.165, 1.54) is 0 Å². The van der Waals surface area contributed by atoms with E-state index in [0.29, 0.717) is 6.61 Å². The predicted molar refractivity (Wildman–Crippen MR) is 210 cm³/mol. The third kappa shape index (κ3) is 9.98. The first kappa shape index (κ1) is 41.1. The van der Waals surface area contributed by atoms with Crippen molar-refractivity contribution < 1.29 is 37.5 Å². The molecule has 1 aliphatic heterocycles. The number of rotatable bonds is 20. The minimum Gasteiger partial charge on any atom is -0.497 e. The Balaban J connectivity index is 1.54. The van der Waals surface area contributed by atoms with Gasteiger partial charge in [-0.15, -0.1) is 0 Å². The van der Waals surface area contributed by atoms with E-state index in [1.807, 2.05) is 91.0 Å². The highest BCUT2D eigenvalue weighted by molar-refractivity contribution is 7.44. The van der Waals surface area contributed by atoms with E-state index >= 15 is 0 Å². The molecule has 1 heterocycles. The van der Waals surface area contributed by atoms with Crippen LogP contribution in [0.4, 0.5) is 0 Å². The highest BCUT2D eigenvalue weighted by Gasteiger charge is 2.46. The van der Waals surface area contributed by atoms with Gasteiger partial charge in [0.15, 0.2) is 0 Å². The molecule has 10 nitrogen and oxygen atoms in total. The third-order valence-electron chi connectivity index (χ3n) is 9.32. The van der Waals surface area contributed by atoms with Crippen LogP contribution in [0.25, 0.3) is 0 Å². The molecule has 0 amide bonds. The first-order valence-corrected chi connectivity index (χ1v) is 19.5. The van der Waals surface area contributed by atoms with Crippen LogP contribution in [0.15, 0.2) is 103 Å². The zero-order chi connectivity index (χ0) is 38.5. The van der Waals surface area contributed by atoms with E-state index in [9.17, 15) is 5.26 Å². The van der Waals surface area contributed by atoms with Gasteiger partial charge in [0, 0.05) is 12.1 Å². The summed E-state index contributed by atoms with van der Waals surface area (Å²) in [6.07, 6.45) is -1.29. The smallest absolute Gasteiger partial charge is 0.259 e. The Hall–Kier alpha value is -4.04. The van der Waals surface area contributed by atoms with Crippen molar-refractivity contribution in [1.29, 1.82) is 5.26 Å². The summed E-state index contributed by atoms with van der Waals surface area (Å²) >= 11 is 0. The molecular weight excluding hydrogens is 703 g/mol. The molecule has 0 radical (unpaired) electrons. The van der Waals surface area contributed by atoms with Crippen molar-refractivity contribution in [2.24, 2.45) is 0 Å². The Morgan fingerprint density at radius 3 is 1.93 bits per heavy atom. The predicted octanol–water partition coefficient (Wildman–Crippen LogP) is 8.67. The van der Waals surface area contributed by atoms with Gasteiger partial charge in [-0.3, -0.25) is 0 Å². The fourth-order valence-electron chi connectivity index (χ4n) is 6.71. The molecule has 4 aromatic carbocycles. The van der Waals surface area contributed by atoms with Crippen LogP contribution < -0.4 is 14.2 Å². The molecule has 0 saturated carbocycles. The highest BCUT2D eigenvalue weighted by Crippen LogP contribution is 2.50. The van der Waals surface area contributed by atoms with Crippen LogP contribution in [0.1, 0.15) is 56.4 Å². The van der Waals surface area contributed by atoms with Crippen LogP contribution in [0.5, 0.6) is 17.2 Å². The second-order valence-corrected chi connectivity index (χ2v) is 14.9. The minimum atomic E-state index is -1.61. The third-order valence-corrected chi connectivity index (χ3v) is 11.4. The average Bonchev–Trinajstić information content (AvgIpc) is 3.58. The minimum absolute atomic E-state index is 0.113. The summed E-state index contributed by atoms with van der Waals surface area (Å²) in [5, 5.41) is 9.35. The van der Waals surface area contributed by atoms with Gasteiger partial charge in [0.05, 0.1) is 60.2 Å². The maximum absolute atomic E-state index is 9.35. The number of nitrogens with zero attached hydrogens (tertiary/aromatic N) is 2. The monoisotopic (exact) mass is 756 g/mol. The molecule has 4 aromatic rings. The molecule has 5 rings (SSSR count). The molecule has 0 spiro atoms. The molecule has 54 heavy (non-hydrogen) atoms. The number of methoxy groups -OCH3 is 3. The molecule has 1 saturated heterocycles. The Morgan fingerprint density at radius 1 is 0.778 bits per heavy atom. The van der Waals surface area contributed by atoms with Crippen LogP contribution in [-0.2, 0) is 35.5 Å². The molecule has 0 N–H and O–H groups in total. The van der Waals surface area contributed by atoms with Crippen LogP contribution in [-0.4, -0.2) is 76.2 Å². The SMILES string of the molecule is COc1ccc(C(OC[C@H]2OC[C@H](OCc3cccc(OC)c3)[C@@H]2OP(OCCC#N)N(C(C)C)C(C)C)(c2ccccc2)c2ccc(OC)cc2)cc1. The maximum Gasteiger partial charge on any atom is 0.259 e. The van der Waals surface area contributed by atoms with Crippen molar-refractivity contribution in [2.45, 2.75) is 76.7 Å². The van der Waals surface area contributed by atoms with Gasteiger partial charge >= 0.3 is 0 Å².